The average molecular weight is 240 g/mol. The number of rotatable bonds is 5. The van der Waals surface area contributed by atoms with E-state index in [1.807, 2.05) is 4.90 Å². The Kier molecular flexibility index (Phi) is 4.40. The van der Waals surface area contributed by atoms with Gasteiger partial charge in [-0.25, -0.2) is 0 Å². The van der Waals surface area contributed by atoms with Gasteiger partial charge < -0.3 is 15.0 Å². The van der Waals surface area contributed by atoms with E-state index < -0.39 is 0 Å². The van der Waals surface area contributed by atoms with Crippen molar-refractivity contribution in [2.75, 3.05) is 33.3 Å². The fourth-order valence-corrected chi connectivity index (χ4v) is 2.38. The van der Waals surface area contributed by atoms with Crippen molar-refractivity contribution in [3.63, 3.8) is 0 Å². The minimum Gasteiger partial charge on any atom is -0.379 e. The van der Waals surface area contributed by atoms with Gasteiger partial charge in [0.2, 0.25) is 5.91 Å². The van der Waals surface area contributed by atoms with Crippen LogP contribution in [-0.4, -0.2) is 50.2 Å². The highest BCUT2D eigenvalue weighted by molar-refractivity contribution is 5.78. The molecule has 0 bridgehead atoms. The highest BCUT2D eigenvalue weighted by atomic mass is 16.5. The van der Waals surface area contributed by atoms with Crippen LogP contribution in [-0.2, 0) is 9.53 Å². The summed E-state index contributed by atoms with van der Waals surface area (Å²) in [6, 6.07) is 0. The molecule has 1 aliphatic heterocycles. The molecule has 2 atom stereocenters. The number of hydrogen-bond donors (Lipinski definition) is 1. The number of nitrogens with one attached hydrogen (secondary N) is 1. The number of hydrogen-bond acceptors (Lipinski definition) is 3. The largest absolute Gasteiger partial charge is 0.379 e. The Bertz CT molecular complexity index is 266. The van der Waals surface area contributed by atoms with Crippen LogP contribution < -0.4 is 5.32 Å². The van der Waals surface area contributed by atoms with E-state index in [1.165, 1.54) is 12.8 Å². The Hall–Kier alpha value is -0.610. The Labute approximate surface area is 104 Å². The summed E-state index contributed by atoms with van der Waals surface area (Å²) >= 11 is 0. The molecular weight excluding hydrogens is 216 g/mol. The molecule has 0 spiro atoms. The highest BCUT2D eigenvalue weighted by Gasteiger charge is 2.28. The predicted octanol–water partition coefficient (Wildman–Crippen LogP) is 0.869. The number of carbonyl (C=O) groups excluding carboxylic acids is 1. The van der Waals surface area contributed by atoms with E-state index in [-0.39, 0.29) is 12.0 Å². The monoisotopic (exact) mass is 240 g/mol. The highest BCUT2D eigenvalue weighted by Crippen LogP contribution is 2.27. The van der Waals surface area contributed by atoms with Crippen molar-refractivity contribution < 1.29 is 9.53 Å². The van der Waals surface area contributed by atoms with Gasteiger partial charge in [0.25, 0.3) is 0 Å². The molecule has 1 saturated carbocycles. The first-order valence-corrected chi connectivity index (χ1v) is 6.72. The molecule has 98 valence electrons. The zero-order valence-corrected chi connectivity index (χ0v) is 10.9. The second-order valence-corrected chi connectivity index (χ2v) is 5.45. The Morgan fingerprint density at radius 3 is 2.82 bits per heavy atom. The van der Waals surface area contributed by atoms with Crippen LogP contribution in [0, 0.1) is 11.8 Å². The number of amides is 1. The van der Waals surface area contributed by atoms with E-state index in [2.05, 4.69) is 12.2 Å². The Morgan fingerprint density at radius 1 is 1.41 bits per heavy atom. The van der Waals surface area contributed by atoms with Crippen molar-refractivity contribution >= 4 is 5.91 Å². The molecule has 1 aliphatic carbocycles. The van der Waals surface area contributed by atoms with Gasteiger partial charge in [-0.05, 0) is 37.6 Å². The third-order valence-electron chi connectivity index (χ3n) is 3.95. The summed E-state index contributed by atoms with van der Waals surface area (Å²) in [7, 11) is 1.74. The number of likely N-dealkylation sites (tertiary alicyclic amines) is 1. The molecule has 2 unspecified atom stereocenters. The van der Waals surface area contributed by atoms with Crippen LogP contribution in [0.3, 0.4) is 0 Å². The van der Waals surface area contributed by atoms with Crippen LogP contribution in [0.1, 0.15) is 26.2 Å². The zero-order chi connectivity index (χ0) is 12.3. The number of carbonyl (C=O) groups is 1. The van der Waals surface area contributed by atoms with Crippen molar-refractivity contribution in [3.05, 3.63) is 0 Å². The number of nitrogens with zero attached hydrogens (tertiary/aromatic N) is 1. The minimum atomic E-state index is 0.205. The molecule has 0 aromatic heterocycles. The molecule has 2 aliphatic rings. The van der Waals surface area contributed by atoms with Crippen LogP contribution >= 0.6 is 0 Å². The summed E-state index contributed by atoms with van der Waals surface area (Å²) in [5.74, 6) is 1.61. The smallest absolute Gasteiger partial charge is 0.236 e. The molecule has 0 aromatic carbocycles. The van der Waals surface area contributed by atoms with E-state index in [4.69, 9.17) is 4.74 Å². The van der Waals surface area contributed by atoms with E-state index in [1.54, 1.807) is 7.11 Å². The molecular formula is C13H24N2O2. The fourth-order valence-electron chi connectivity index (χ4n) is 2.38. The first kappa shape index (κ1) is 12.8. The zero-order valence-electron chi connectivity index (χ0n) is 10.9. The second kappa shape index (κ2) is 5.83. The molecule has 1 amide bonds. The number of methoxy groups -OCH3 is 1. The topological polar surface area (TPSA) is 41.6 Å². The van der Waals surface area contributed by atoms with Gasteiger partial charge in [-0.15, -0.1) is 0 Å². The number of ether oxygens (including phenoxy) is 1. The normalized spacial score (nSPS) is 29.4. The van der Waals surface area contributed by atoms with Gasteiger partial charge in [0.15, 0.2) is 0 Å². The van der Waals surface area contributed by atoms with Crippen molar-refractivity contribution in [2.45, 2.75) is 32.3 Å². The molecule has 1 N–H and O–H groups in total. The summed E-state index contributed by atoms with van der Waals surface area (Å²) in [6.45, 7) is 5.32. The summed E-state index contributed by atoms with van der Waals surface area (Å²) in [6.07, 6.45) is 3.91. The van der Waals surface area contributed by atoms with Gasteiger partial charge in [0.1, 0.15) is 0 Å². The maximum Gasteiger partial charge on any atom is 0.236 e. The van der Waals surface area contributed by atoms with Gasteiger partial charge in [-0.1, -0.05) is 6.92 Å². The molecule has 1 saturated heterocycles. The van der Waals surface area contributed by atoms with Gasteiger partial charge in [0, 0.05) is 20.2 Å². The fraction of sp³-hybridized carbons (Fsp3) is 0.923. The van der Waals surface area contributed by atoms with E-state index in [0.29, 0.717) is 12.5 Å². The van der Waals surface area contributed by atoms with Gasteiger partial charge >= 0.3 is 0 Å². The van der Waals surface area contributed by atoms with E-state index in [0.717, 1.165) is 32.0 Å². The molecule has 4 heteroatoms. The van der Waals surface area contributed by atoms with Crippen LogP contribution in [0.2, 0.25) is 0 Å². The van der Waals surface area contributed by atoms with Crippen LogP contribution in [0.4, 0.5) is 0 Å². The summed E-state index contributed by atoms with van der Waals surface area (Å²) in [4.78, 5) is 13.9. The van der Waals surface area contributed by atoms with Crippen molar-refractivity contribution in [3.8, 4) is 0 Å². The van der Waals surface area contributed by atoms with Crippen LogP contribution in [0.5, 0.6) is 0 Å². The summed E-state index contributed by atoms with van der Waals surface area (Å²) in [5.41, 5.74) is 0. The van der Waals surface area contributed by atoms with Crippen LogP contribution in [0.15, 0.2) is 0 Å². The SMILES string of the molecule is COC1CN(C(=O)CNCC2CC2)CCC1C. The van der Waals surface area contributed by atoms with E-state index in [9.17, 15) is 4.79 Å². The molecule has 17 heavy (non-hydrogen) atoms. The lowest BCUT2D eigenvalue weighted by molar-refractivity contribution is -0.135. The predicted molar refractivity (Wildman–Crippen MR) is 66.8 cm³/mol. The first-order valence-electron chi connectivity index (χ1n) is 6.72. The maximum atomic E-state index is 12.0. The Morgan fingerprint density at radius 2 is 2.18 bits per heavy atom. The molecule has 2 rings (SSSR count). The minimum absolute atomic E-state index is 0.205. The lowest BCUT2D eigenvalue weighted by Gasteiger charge is -2.36. The van der Waals surface area contributed by atoms with Crippen molar-refractivity contribution in [1.29, 1.82) is 0 Å². The third-order valence-corrected chi connectivity index (χ3v) is 3.95. The van der Waals surface area contributed by atoms with Gasteiger partial charge in [-0.2, -0.15) is 0 Å². The van der Waals surface area contributed by atoms with Crippen LogP contribution in [0.25, 0.3) is 0 Å². The average Bonchev–Trinajstić information content (AvgIpc) is 3.13. The maximum absolute atomic E-state index is 12.0. The summed E-state index contributed by atoms with van der Waals surface area (Å²) in [5, 5.41) is 3.26. The molecule has 0 aromatic rings. The standard InChI is InChI=1S/C13H24N2O2/c1-10-5-6-15(9-12(10)17-2)13(16)8-14-7-11-3-4-11/h10-12,14H,3-9H2,1-2H3. The summed E-state index contributed by atoms with van der Waals surface area (Å²) < 4.78 is 5.42. The quantitative estimate of drug-likeness (QED) is 0.775. The van der Waals surface area contributed by atoms with E-state index >= 15 is 0 Å². The lowest BCUT2D eigenvalue weighted by Crippen LogP contribution is -2.49. The molecule has 2 fully saturated rings. The lowest BCUT2D eigenvalue weighted by atomic mass is 9.96. The molecule has 4 nitrogen and oxygen atoms in total. The van der Waals surface area contributed by atoms with Crippen molar-refractivity contribution in [2.24, 2.45) is 11.8 Å². The molecule has 0 radical (unpaired) electrons. The van der Waals surface area contributed by atoms with Gasteiger partial charge in [0.05, 0.1) is 12.6 Å². The van der Waals surface area contributed by atoms with Crippen molar-refractivity contribution in [1.82, 2.24) is 10.2 Å². The third kappa shape index (κ3) is 3.68. The Balaban J connectivity index is 1.70. The first-order chi connectivity index (χ1) is 8.20. The van der Waals surface area contributed by atoms with Gasteiger partial charge in [-0.3, -0.25) is 4.79 Å². The second-order valence-electron chi connectivity index (χ2n) is 5.45. The molecule has 1 heterocycles. The number of piperidine rings is 1.